The average molecular weight is 271 g/mol. The van der Waals surface area contributed by atoms with Crippen molar-refractivity contribution >= 4 is 15.9 Å². The van der Waals surface area contributed by atoms with Gasteiger partial charge in [-0.3, -0.25) is 0 Å². The molecule has 1 aromatic rings. The Morgan fingerprint density at radius 2 is 1.93 bits per heavy atom. The predicted molar refractivity (Wildman–Crippen MR) is 64.2 cm³/mol. The van der Waals surface area contributed by atoms with Gasteiger partial charge < -0.3 is 9.47 Å². The molecule has 1 aliphatic heterocycles. The van der Waals surface area contributed by atoms with E-state index in [1.165, 1.54) is 11.1 Å². The first-order chi connectivity index (χ1) is 7.20. The molecule has 3 heteroatoms. The first kappa shape index (κ1) is 10.8. The smallest absolute Gasteiger partial charge is 0.162 e. The van der Waals surface area contributed by atoms with Crippen molar-refractivity contribution in [2.45, 2.75) is 26.4 Å². The Kier molecular flexibility index (Phi) is 3.19. The second-order valence-corrected chi connectivity index (χ2v) is 4.70. The molecule has 1 aromatic carbocycles. The van der Waals surface area contributed by atoms with E-state index in [-0.39, 0.29) is 6.10 Å². The number of ether oxygens (including phenoxy) is 2. The van der Waals surface area contributed by atoms with Gasteiger partial charge in [0.15, 0.2) is 11.5 Å². The van der Waals surface area contributed by atoms with Crippen molar-refractivity contribution in [1.82, 2.24) is 0 Å². The van der Waals surface area contributed by atoms with Gasteiger partial charge in [-0.05, 0) is 43.5 Å². The van der Waals surface area contributed by atoms with Crippen molar-refractivity contribution in [1.29, 1.82) is 0 Å². The Labute approximate surface area is 98.7 Å². The number of rotatable bonds is 2. The highest BCUT2D eigenvalue weighted by Gasteiger charge is 2.20. The largest absolute Gasteiger partial charge is 0.486 e. The van der Waals surface area contributed by atoms with Crippen LogP contribution in [0.5, 0.6) is 11.5 Å². The molecule has 0 radical (unpaired) electrons. The van der Waals surface area contributed by atoms with E-state index in [9.17, 15) is 0 Å². The topological polar surface area (TPSA) is 18.5 Å². The van der Waals surface area contributed by atoms with E-state index in [4.69, 9.17) is 9.47 Å². The molecule has 15 heavy (non-hydrogen) atoms. The fourth-order valence-corrected chi connectivity index (χ4v) is 2.14. The lowest BCUT2D eigenvalue weighted by molar-refractivity contribution is 0.0893. The summed E-state index contributed by atoms with van der Waals surface area (Å²) in [4.78, 5) is 0. The molecule has 0 fully saturated rings. The van der Waals surface area contributed by atoms with Crippen LogP contribution in [0.25, 0.3) is 0 Å². The summed E-state index contributed by atoms with van der Waals surface area (Å²) in [5, 5.41) is 0.946. The molecule has 82 valence electrons. The third-order valence-electron chi connectivity index (χ3n) is 2.71. The number of hydrogen-bond acceptors (Lipinski definition) is 2. The molecule has 1 atom stereocenters. The van der Waals surface area contributed by atoms with Crippen molar-refractivity contribution < 1.29 is 9.47 Å². The first-order valence-electron chi connectivity index (χ1n) is 5.17. The fourth-order valence-electron chi connectivity index (χ4n) is 1.63. The molecule has 0 aliphatic carbocycles. The van der Waals surface area contributed by atoms with E-state index in [0.717, 1.165) is 23.2 Å². The van der Waals surface area contributed by atoms with Crippen LogP contribution in [0.2, 0.25) is 0 Å². The summed E-state index contributed by atoms with van der Waals surface area (Å²) >= 11 is 3.42. The van der Waals surface area contributed by atoms with Gasteiger partial charge in [0.1, 0.15) is 12.7 Å². The number of halogens is 1. The van der Waals surface area contributed by atoms with E-state index < -0.39 is 0 Å². The quantitative estimate of drug-likeness (QED) is 0.769. The van der Waals surface area contributed by atoms with Gasteiger partial charge in [0, 0.05) is 5.33 Å². The van der Waals surface area contributed by atoms with Crippen molar-refractivity contribution in [3.63, 3.8) is 0 Å². The van der Waals surface area contributed by atoms with Crippen LogP contribution in [-0.4, -0.2) is 18.0 Å². The molecule has 2 nitrogen and oxygen atoms in total. The SMILES string of the molecule is Cc1cc2c(cc1C)OC(CCBr)CO2. The summed E-state index contributed by atoms with van der Waals surface area (Å²) < 4.78 is 11.5. The van der Waals surface area contributed by atoms with Crippen LogP contribution < -0.4 is 9.47 Å². The van der Waals surface area contributed by atoms with Crippen molar-refractivity contribution in [3.8, 4) is 11.5 Å². The maximum Gasteiger partial charge on any atom is 0.162 e. The van der Waals surface area contributed by atoms with Crippen LogP contribution in [-0.2, 0) is 0 Å². The zero-order chi connectivity index (χ0) is 10.8. The molecule has 0 saturated carbocycles. The molecule has 1 heterocycles. The van der Waals surface area contributed by atoms with Crippen LogP contribution >= 0.6 is 15.9 Å². The van der Waals surface area contributed by atoms with E-state index in [2.05, 4.69) is 41.9 Å². The van der Waals surface area contributed by atoms with Crippen LogP contribution in [0.4, 0.5) is 0 Å². The van der Waals surface area contributed by atoms with Gasteiger partial charge in [-0.15, -0.1) is 0 Å². The maximum absolute atomic E-state index is 5.85. The van der Waals surface area contributed by atoms with Crippen molar-refractivity contribution in [2.75, 3.05) is 11.9 Å². The Hall–Kier alpha value is -0.700. The van der Waals surface area contributed by atoms with Crippen LogP contribution in [0.15, 0.2) is 12.1 Å². The lowest BCUT2D eigenvalue weighted by Crippen LogP contribution is -2.29. The van der Waals surface area contributed by atoms with Gasteiger partial charge in [0.25, 0.3) is 0 Å². The number of benzene rings is 1. The number of fused-ring (bicyclic) bond motifs is 1. The van der Waals surface area contributed by atoms with Gasteiger partial charge in [-0.1, -0.05) is 15.9 Å². The van der Waals surface area contributed by atoms with Gasteiger partial charge >= 0.3 is 0 Å². The maximum atomic E-state index is 5.85. The molecule has 0 spiro atoms. The zero-order valence-corrected chi connectivity index (χ0v) is 10.6. The highest BCUT2D eigenvalue weighted by atomic mass is 79.9. The van der Waals surface area contributed by atoms with Gasteiger partial charge in [-0.2, -0.15) is 0 Å². The molecule has 1 aliphatic rings. The summed E-state index contributed by atoms with van der Waals surface area (Å²) in [5.41, 5.74) is 2.49. The predicted octanol–water partition coefficient (Wildman–Crippen LogP) is 3.23. The molecule has 1 unspecified atom stereocenters. The molecule has 2 rings (SSSR count). The number of hydrogen-bond donors (Lipinski definition) is 0. The summed E-state index contributed by atoms with van der Waals surface area (Å²) in [6.07, 6.45) is 1.16. The minimum Gasteiger partial charge on any atom is -0.486 e. The van der Waals surface area contributed by atoms with Gasteiger partial charge in [0.2, 0.25) is 0 Å². The zero-order valence-electron chi connectivity index (χ0n) is 9.05. The Balaban J connectivity index is 2.22. The normalized spacial score (nSPS) is 19.0. The molecule has 0 amide bonds. The molecular formula is C12H15BrO2. The Bertz CT molecular complexity index is 363. The van der Waals surface area contributed by atoms with Crippen LogP contribution in [0, 0.1) is 13.8 Å². The van der Waals surface area contributed by atoms with E-state index in [0.29, 0.717) is 6.61 Å². The lowest BCUT2D eigenvalue weighted by atomic mass is 10.1. The first-order valence-corrected chi connectivity index (χ1v) is 6.29. The molecule has 0 aromatic heterocycles. The monoisotopic (exact) mass is 270 g/mol. The van der Waals surface area contributed by atoms with Crippen LogP contribution in [0.3, 0.4) is 0 Å². The van der Waals surface area contributed by atoms with Crippen LogP contribution in [0.1, 0.15) is 17.5 Å². The Morgan fingerprint density at radius 3 is 2.60 bits per heavy atom. The minimum atomic E-state index is 0.180. The molecule has 0 saturated heterocycles. The number of aryl methyl sites for hydroxylation is 2. The van der Waals surface area contributed by atoms with Crippen molar-refractivity contribution in [2.24, 2.45) is 0 Å². The summed E-state index contributed by atoms with van der Waals surface area (Å²) in [6, 6.07) is 4.11. The highest BCUT2D eigenvalue weighted by Crippen LogP contribution is 2.34. The second-order valence-electron chi connectivity index (χ2n) is 3.91. The fraction of sp³-hybridized carbons (Fsp3) is 0.500. The minimum absolute atomic E-state index is 0.180. The third kappa shape index (κ3) is 2.28. The Morgan fingerprint density at radius 1 is 1.27 bits per heavy atom. The summed E-state index contributed by atoms with van der Waals surface area (Å²) in [7, 11) is 0. The highest BCUT2D eigenvalue weighted by molar-refractivity contribution is 9.09. The molecule has 0 N–H and O–H groups in total. The summed E-state index contributed by atoms with van der Waals surface area (Å²) in [5.74, 6) is 1.76. The number of alkyl halides is 1. The lowest BCUT2D eigenvalue weighted by Gasteiger charge is -2.26. The summed E-state index contributed by atoms with van der Waals surface area (Å²) in [6.45, 7) is 4.83. The molecular weight excluding hydrogens is 256 g/mol. The van der Waals surface area contributed by atoms with Gasteiger partial charge in [-0.25, -0.2) is 0 Å². The van der Waals surface area contributed by atoms with Gasteiger partial charge in [0.05, 0.1) is 0 Å². The average Bonchev–Trinajstić information content (AvgIpc) is 2.21. The molecule has 0 bridgehead atoms. The van der Waals surface area contributed by atoms with Crippen molar-refractivity contribution in [3.05, 3.63) is 23.3 Å². The van der Waals surface area contributed by atoms with E-state index in [1.807, 2.05) is 0 Å². The van der Waals surface area contributed by atoms with E-state index in [1.54, 1.807) is 0 Å². The second kappa shape index (κ2) is 4.44. The standard InChI is InChI=1S/C12H15BrO2/c1-8-5-11-12(6-9(8)2)15-10(3-4-13)7-14-11/h5-6,10H,3-4,7H2,1-2H3. The van der Waals surface area contributed by atoms with E-state index >= 15 is 0 Å². The third-order valence-corrected chi connectivity index (χ3v) is 3.17.